The van der Waals surface area contributed by atoms with E-state index in [0.717, 1.165) is 17.3 Å². The molecule has 24 heavy (non-hydrogen) atoms. The Bertz CT molecular complexity index is 759. The molecule has 0 saturated carbocycles. The van der Waals surface area contributed by atoms with Gasteiger partial charge < -0.3 is 15.4 Å². The lowest BCUT2D eigenvalue weighted by Gasteiger charge is -2.14. The first-order chi connectivity index (χ1) is 11.4. The van der Waals surface area contributed by atoms with E-state index >= 15 is 0 Å². The Morgan fingerprint density at radius 2 is 1.96 bits per heavy atom. The number of rotatable bonds is 6. The number of nitrogens with zero attached hydrogens (tertiary/aromatic N) is 1. The Hall–Kier alpha value is -2.28. The molecule has 6 nitrogen and oxygen atoms in total. The van der Waals surface area contributed by atoms with Crippen molar-refractivity contribution in [1.29, 1.82) is 0 Å². The number of hydrogen-bond donors (Lipinski definition) is 3. The SMILES string of the molecule is CC(C)c1c(O)nc(SCC(=O)NC(C)c2ccccc2)[nH]c1=O. The smallest absolute Gasteiger partial charge is 0.258 e. The van der Waals surface area contributed by atoms with Gasteiger partial charge in [-0.3, -0.25) is 9.59 Å². The van der Waals surface area contributed by atoms with E-state index in [0.29, 0.717) is 0 Å². The summed E-state index contributed by atoms with van der Waals surface area (Å²) in [7, 11) is 0. The molecular weight excluding hydrogens is 326 g/mol. The van der Waals surface area contributed by atoms with Crippen LogP contribution in [0.5, 0.6) is 5.88 Å². The molecule has 2 rings (SSSR count). The van der Waals surface area contributed by atoms with Gasteiger partial charge in [0.15, 0.2) is 5.16 Å². The normalized spacial score (nSPS) is 12.2. The first kappa shape index (κ1) is 18.1. The number of aromatic nitrogens is 2. The van der Waals surface area contributed by atoms with Gasteiger partial charge in [0.25, 0.3) is 5.56 Å². The van der Waals surface area contributed by atoms with Crippen molar-refractivity contribution in [2.45, 2.75) is 37.9 Å². The van der Waals surface area contributed by atoms with Crippen molar-refractivity contribution < 1.29 is 9.90 Å². The summed E-state index contributed by atoms with van der Waals surface area (Å²) in [6.45, 7) is 5.51. The largest absolute Gasteiger partial charge is 0.493 e. The first-order valence-corrected chi connectivity index (χ1v) is 8.67. The van der Waals surface area contributed by atoms with Crippen LogP contribution in [0.25, 0.3) is 0 Å². The highest BCUT2D eigenvalue weighted by atomic mass is 32.2. The fourth-order valence-electron chi connectivity index (χ4n) is 2.28. The summed E-state index contributed by atoms with van der Waals surface area (Å²) >= 11 is 1.08. The molecule has 0 saturated heterocycles. The summed E-state index contributed by atoms with van der Waals surface area (Å²) in [5.74, 6) is -0.489. The Morgan fingerprint density at radius 3 is 2.54 bits per heavy atom. The van der Waals surface area contributed by atoms with Crippen molar-refractivity contribution in [3.05, 3.63) is 51.8 Å². The lowest BCUT2D eigenvalue weighted by atomic mass is 10.1. The van der Waals surface area contributed by atoms with Gasteiger partial charge in [-0.05, 0) is 18.4 Å². The third-order valence-electron chi connectivity index (χ3n) is 3.51. The number of thioether (sulfide) groups is 1. The summed E-state index contributed by atoms with van der Waals surface area (Å²) in [6.07, 6.45) is 0. The molecule has 7 heteroatoms. The van der Waals surface area contributed by atoms with Crippen molar-refractivity contribution in [2.75, 3.05) is 5.75 Å². The highest BCUT2D eigenvalue weighted by molar-refractivity contribution is 7.99. The van der Waals surface area contributed by atoms with E-state index in [1.54, 1.807) is 13.8 Å². The number of aromatic amines is 1. The number of H-pyrrole nitrogens is 1. The topological polar surface area (TPSA) is 95.1 Å². The van der Waals surface area contributed by atoms with E-state index in [9.17, 15) is 14.7 Å². The van der Waals surface area contributed by atoms with Gasteiger partial charge in [-0.1, -0.05) is 55.9 Å². The fraction of sp³-hybridized carbons (Fsp3) is 0.353. The van der Waals surface area contributed by atoms with Crippen molar-refractivity contribution in [2.24, 2.45) is 0 Å². The van der Waals surface area contributed by atoms with Crippen LogP contribution in [0.15, 0.2) is 40.3 Å². The fourth-order valence-corrected chi connectivity index (χ4v) is 2.95. The Morgan fingerprint density at radius 1 is 1.29 bits per heavy atom. The predicted octanol–water partition coefficient (Wildman–Crippen LogP) is 2.57. The van der Waals surface area contributed by atoms with Crippen LogP contribution < -0.4 is 10.9 Å². The standard InChI is InChI=1S/C17H21N3O3S/c1-10(2)14-15(22)19-17(20-16(14)23)24-9-13(21)18-11(3)12-7-5-4-6-8-12/h4-8,10-11H,9H2,1-3H3,(H,18,21)(H2,19,20,22,23). The monoisotopic (exact) mass is 347 g/mol. The predicted molar refractivity (Wildman–Crippen MR) is 94.3 cm³/mol. The zero-order chi connectivity index (χ0) is 17.7. The zero-order valence-electron chi connectivity index (χ0n) is 13.9. The van der Waals surface area contributed by atoms with Crippen molar-refractivity contribution in [3.8, 4) is 5.88 Å². The van der Waals surface area contributed by atoms with E-state index in [4.69, 9.17) is 0 Å². The molecule has 0 spiro atoms. The lowest BCUT2D eigenvalue weighted by Crippen LogP contribution is -2.28. The van der Waals surface area contributed by atoms with E-state index in [2.05, 4.69) is 15.3 Å². The van der Waals surface area contributed by atoms with Crippen LogP contribution in [-0.2, 0) is 4.79 Å². The second-order valence-corrected chi connectivity index (χ2v) is 6.72. The molecule has 1 atom stereocenters. The molecule has 0 aliphatic heterocycles. The molecular formula is C17H21N3O3S. The molecule has 0 aliphatic rings. The minimum Gasteiger partial charge on any atom is -0.493 e. The maximum atomic E-state index is 12.0. The third kappa shape index (κ3) is 4.61. The number of amides is 1. The number of hydrogen-bond acceptors (Lipinski definition) is 5. The van der Waals surface area contributed by atoms with E-state index in [1.807, 2.05) is 37.3 Å². The second kappa shape index (κ2) is 8.01. The summed E-state index contributed by atoms with van der Waals surface area (Å²) < 4.78 is 0. The molecule has 3 N–H and O–H groups in total. The average Bonchev–Trinajstić information content (AvgIpc) is 2.52. The van der Waals surface area contributed by atoms with Crippen LogP contribution >= 0.6 is 11.8 Å². The Labute approximate surface area is 144 Å². The number of aromatic hydroxyl groups is 1. The highest BCUT2D eigenvalue weighted by Gasteiger charge is 2.15. The molecule has 0 fully saturated rings. The van der Waals surface area contributed by atoms with Gasteiger partial charge in [0.1, 0.15) is 0 Å². The molecule has 1 heterocycles. The van der Waals surface area contributed by atoms with Gasteiger partial charge in [0.2, 0.25) is 11.8 Å². The number of benzene rings is 1. The van der Waals surface area contributed by atoms with E-state index in [1.165, 1.54) is 0 Å². The van der Waals surface area contributed by atoms with Crippen LogP contribution in [0.2, 0.25) is 0 Å². The van der Waals surface area contributed by atoms with Gasteiger partial charge in [-0.2, -0.15) is 4.98 Å². The van der Waals surface area contributed by atoms with E-state index < -0.39 is 0 Å². The quantitative estimate of drug-likeness (QED) is 0.551. The summed E-state index contributed by atoms with van der Waals surface area (Å²) in [5, 5.41) is 13.0. The molecule has 1 amide bonds. The summed E-state index contributed by atoms with van der Waals surface area (Å²) in [5.41, 5.74) is 0.890. The Kier molecular flexibility index (Phi) is 6.03. The molecule has 0 aliphatic carbocycles. The first-order valence-electron chi connectivity index (χ1n) is 7.68. The van der Waals surface area contributed by atoms with Crippen LogP contribution in [-0.4, -0.2) is 26.7 Å². The molecule has 1 aromatic carbocycles. The van der Waals surface area contributed by atoms with Crippen LogP contribution in [0.3, 0.4) is 0 Å². The molecule has 128 valence electrons. The molecule has 2 aromatic rings. The van der Waals surface area contributed by atoms with Crippen molar-refractivity contribution >= 4 is 17.7 Å². The zero-order valence-corrected chi connectivity index (χ0v) is 14.7. The van der Waals surface area contributed by atoms with Gasteiger partial charge in [0, 0.05) is 0 Å². The van der Waals surface area contributed by atoms with Gasteiger partial charge in [-0.15, -0.1) is 0 Å². The minimum absolute atomic E-state index is 0.0978. The molecule has 1 aromatic heterocycles. The summed E-state index contributed by atoms with van der Waals surface area (Å²) in [6, 6.07) is 9.53. The van der Waals surface area contributed by atoms with Gasteiger partial charge in [0.05, 0.1) is 17.4 Å². The number of carbonyl (C=O) groups excluding carboxylic acids is 1. The van der Waals surface area contributed by atoms with Gasteiger partial charge in [-0.25, -0.2) is 0 Å². The maximum absolute atomic E-state index is 12.0. The molecule has 0 bridgehead atoms. The number of nitrogens with one attached hydrogen (secondary N) is 2. The van der Waals surface area contributed by atoms with E-state index in [-0.39, 0.29) is 45.8 Å². The van der Waals surface area contributed by atoms with Gasteiger partial charge >= 0.3 is 0 Å². The highest BCUT2D eigenvalue weighted by Crippen LogP contribution is 2.22. The second-order valence-electron chi connectivity index (χ2n) is 5.75. The lowest BCUT2D eigenvalue weighted by molar-refractivity contribution is -0.119. The molecule has 1 unspecified atom stereocenters. The van der Waals surface area contributed by atoms with Crippen molar-refractivity contribution in [3.63, 3.8) is 0 Å². The average molecular weight is 347 g/mol. The number of carbonyl (C=O) groups is 1. The Balaban J connectivity index is 1.96. The van der Waals surface area contributed by atoms with Crippen LogP contribution in [0.1, 0.15) is 43.9 Å². The third-order valence-corrected chi connectivity index (χ3v) is 4.38. The van der Waals surface area contributed by atoms with Crippen LogP contribution in [0.4, 0.5) is 0 Å². The maximum Gasteiger partial charge on any atom is 0.258 e. The summed E-state index contributed by atoms with van der Waals surface area (Å²) in [4.78, 5) is 30.5. The molecule has 0 radical (unpaired) electrons. The minimum atomic E-state index is -0.377. The van der Waals surface area contributed by atoms with Crippen molar-refractivity contribution in [1.82, 2.24) is 15.3 Å². The van der Waals surface area contributed by atoms with Crippen LogP contribution in [0, 0.1) is 0 Å².